The molecule has 1 aliphatic heterocycles. The third-order valence-corrected chi connectivity index (χ3v) is 5.62. The summed E-state index contributed by atoms with van der Waals surface area (Å²) in [5.74, 6) is 3.08. The van der Waals surface area contributed by atoms with Crippen molar-refractivity contribution in [2.75, 3.05) is 13.7 Å². The van der Waals surface area contributed by atoms with E-state index in [1.54, 1.807) is 7.11 Å². The standard InChI is InChI=1S/C24H28N4O2/c1-17(2)24-25-13-15-28(24)22-8-4-6-20(26-22)21-7-5-14-27(21)23(29)16-18-9-11-19(30-3)12-10-18/h4,6,8-13,15,17,21H,5,7,14,16H2,1-3H3/t21-/m0/s1. The maximum absolute atomic E-state index is 13.1. The Hall–Kier alpha value is -3.15. The Morgan fingerprint density at radius 1 is 1.20 bits per heavy atom. The van der Waals surface area contributed by atoms with E-state index in [1.807, 2.05) is 64.3 Å². The summed E-state index contributed by atoms with van der Waals surface area (Å²) >= 11 is 0. The molecular weight excluding hydrogens is 376 g/mol. The second kappa shape index (κ2) is 8.69. The molecular formula is C24H28N4O2. The molecule has 30 heavy (non-hydrogen) atoms. The summed E-state index contributed by atoms with van der Waals surface area (Å²) in [6.07, 6.45) is 6.07. The Morgan fingerprint density at radius 2 is 2.00 bits per heavy atom. The largest absolute Gasteiger partial charge is 0.497 e. The third-order valence-electron chi connectivity index (χ3n) is 5.62. The first-order valence-corrected chi connectivity index (χ1v) is 10.5. The summed E-state index contributed by atoms with van der Waals surface area (Å²) in [7, 11) is 1.64. The minimum Gasteiger partial charge on any atom is -0.497 e. The summed E-state index contributed by atoms with van der Waals surface area (Å²) in [5.41, 5.74) is 1.93. The average Bonchev–Trinajstić information content (AvgIpc) is 3.44. The zero-order chi connectivity index (χ0) is 21.1. The molecule has 1 atom stereocenters. The molecule has 4 rings (SSSR count). The van der Waals surface area contributed by atoms with Gasteiger partial charge in [-0.1, -0.05) is 32.0 Å². The van der Waals surface area contributed by atoms with E-state index in [0.717, 1.165) is 48.0 Å². The molecule has 0 aliphatic carbocycles. The molecule has 6 nitrogen and oxygen atoms in total. The molecule has 2 aromatic heterocycles. The molecule has 0 unspecified atom stereocenters. The predicted molar refractivity (Wildman–Crippen MR) is 116 cm³/mol. The lowest BCUT2D eigenvalue weighted by atomic mass is 10.1. The van der Waals surface area contributed by atoms with Crippen LogP contribution in [0.5, 0.6) is 5.75 Å². The zero-order valence-electron chi connectivity index (χ0n) is 17.8. The number of likely N-dealkylation sites (tertiary alicyclic amines) is 1. The van der Waals surface area contributed by atoms with Crippen LogP contribution in [0.4, 0.5) is 0 Å². The number of amides is 1. The van der Waals surface area contributed by atoms with Gasteiger partial charge in [0.2, 0.25) is 5.91 Å². The highest BCUT2D eigenvalue weighted by atomic mass is 16.5. The van der Waals surface area contributed by atoms with Crippen molar-refractivity contribution in [2.24, 2.45) is 0 Å². The molecule has 6 heteroatoms. The van der Waals surface area contributed by atoms with Gasteiger partial charge in [-0.3, -0.25) is 9.36 Å². The number of hydrogen-bond acceptors (Lipinski definition) is 4. The van der Waals surface area contributed by atoms with Crippen molar-refractivity contribution in [1.29, 1.82) is 0 Å². The third kappa shape index (κ3) is 4.08. The number of methoxy groups -OCH3 is 1. The van der Waals surface area contributed by atoms with Gasteiger partial charge in [-0.2, -0.15) is 0 Å². The number of rotatable bonds is 6. The molecule has 0 N–H and O–H groups in total. The normalized spacial score (nSPS) is 16.3. The fraction of sp³-hybridized carbons (Fsp3) is 0.375. The van der Waals surface area contributed by atoms with E-state index >= 15 is 0 Å². The molecule has 0 bridgehead atoms. The van der Waals surface area contributed by atoms with Crippen LogP contribution in [0, 0.1) is 0 Å². The second-order valence-corrected chi connectivity index (χ2v) is 8.00. The lowest BCUT2D eigenvalue weighted by Gasteiger charge is -2.25. The van der Waals surface area contributed by atoms with E-state index < -0.39 is 0 Å². The van der Waals surface area contributed by atoms with Crippen molar-refractivity contribution < 1.29 is 9.53 Å². The number of ether oxygens (including phenoxy) is 1. The summed E-state index contributed by atoms with van der Waals surface area (Å²) in [6, 6.07) is 13.8. The molecule has 156 valence electrons. The molecule has 1 saturated heterocycles. The molecule has 1 aromatic carbocycles. The first-order chi connectivity index (χ1) is 14.6. The van der Waals surface area contributed by atoms with E-state index in [4.69, 9.17) is 9.72 Å². The number of nitrogens with zero attached hydrogens (tertiary/aromatic N) is 4. The van der Waals surface area contributed by atoms with Crippen molar-refractivity contribution >= 4 is 5.91 Å². The van der Waals surface area contributed by atoms with Crippen LogP contribution in [-0.4, -0.2) is 39.0 Å². The Labute approximate surface area is 177 Å². The van der Waals surface area contributed by atoms with Gasteiger partial charge < -0.3 is 9.64 Å². The number of imidazole rings is 1. The van der Waals surface area contributed by atoms with Crippen LogP contribution in [0.15, 0.2) is 54.9 Å². The van der Waals surface area contributed by atoms with Crippen molar-refractivity contribution in [3.63, 3.8) is 0 Å². The molecule has 0 radical (unpaired) electrons. The fourth-order valence-electron chi connectivity index (χ4n) is 4.09. The van der Waals surface area contributed by atoms with Gasteiger partial charge in [0.15, 0.2) is 0 Å². The van der Waals surface area contributed by atoms with Crippen LogP contribution in [0.3, 0.4) is 0 Å². The topological polar surface area (TPSA) is 60.2 Å². The van der Waals surface area contributed by atoms with Gasteiger partial charge in [0.05, 0.1) is 25.3 Å². The summed E-state index contributed by atoms with van der Waals surface area (Å²) in [6.45, 7) is 5.02. The average molecular weight is 405 g/mol. The van der Waals surface area contributed by atoms with E-state index in [-0.39, 0.29) is 11.9 Å². The molecule has 3 heterocycles. The van der Waals surface area contributed by atoms with E-state index in [2.05, 4.69) is 18.8 Å². The van der Waals surface area contributed by atoms with Crippen molar-refractivity contribution in [3.8, 4) is 11.6 Å². The van der Waals surface area contributed by atoms with Crippen LogP contribution < -0.4 is 4.74 Å². The van der Waals surface area contributed by atoms with Gasteiger partial charge >= 0.3 is 0 Å². The monoisotopic (exact) mass is 404 g/mol. The van der Waals surface area contributed by atoms with Crippen LogP contribution in [0.1, 0.15) is 55.7 Å². The maximum atomic E-state index is 13.1. The molecule has 3 aromatic rings. The van der Waals surface area contributed by atoms with E-state index in [0.29, 0.717) is 12.3 Å². The van der Waals surface area contributed by atoms with Crippen LogP contribution in [-0.2, 0) is 11.2 Å². The first kappa shape index (κ1) is 20.1. The number of hydrogen-bond donors (Lipinski definition) is 0. The van der Waals surface area contributed by atoms with Crippen molar-refractivity contribution in [3.05, 3.63) is 71.9 Å². The van der Waals surface area contributed by atoms with Crippen molar-refractivity contribution in [1.82, 2.24) is 19.4 Å². The Kier molecular flexibility index (Phi) is 5.84. The van der Waals surface area contributed by atoms with Crippen molar-refractivity contribution in [2.45, 2.75) is 45.1 Å². The molecule has 0 saturated carbocycles. The van der Waals surface area contributed by atoms with Gasteiger partial charge in [-0.15, -0.1) is 0 Å². The van der Waals surface area contributed by atoms with Gasteiger partial charge in [0.1, 0.15) is 17.4 Å². The Balaban J connectivity index is 1.54. The highest BCUT2D eigenvalue weighted by Gasteiger charge is 2.31. The van der Waals surface area contributed by atoms with Crippen LogP contribution in [0.25, 0.3) is 5.82 Å². The number of pyridine rings is 1. The second-order valence-electron chi connectivity index (χ2n) is 8.00. The SMILES string of the molecule is COc1ccc(CC(=O)N2CCC[C@H]2c2cccc(-n3ccnc3C(C)C)n2)cc1. The minimum atomic E-state index is 0.0155. The van der Waals surface area contributed by atoms with Gasteiger partial charge in [0.25, 0.3) is 0 Å². The van der Waals surface area contributed by atoms with E-state index in [9.17, 15) is 4.79 Å². The summed E-state index contributed by atoms with van der Waals surface area (Å²) < 4.78 is 7.24. The minimum absolute atomic E-state index is 0.0155. The molecule has 1 fully saturated rings. The van der Waals surface area contributed by atoms with Gasteiger partial charge in [-0.25, -0.2) is 9.97 Å². The zero-order valence-corrected chi connectivity index (χ0v) is 17.8. The van der Waals surface area contributed by atoms with Gasteiger partial charge in [0, 0.05) is 24.9 Å². The van der Waals surface area contributed by atoms with E-state index in [1.165, 1.54) is 0 Å². The number of carbonyl (C=O) groups is 1. The summed E-state index contributed by atoms with van der Waals surface area (Å²) in [5, 5.41) is 0. The van der Waals surface area contributed by atoms with Crippen LogP contribution in [0.2, 0.25) is 0 Å². The smallest absolute Gasteiger partial charge is 0.227 e. The Bertz CT molecular complexity index is 1010. The predicted octanol–water partition coefficient (Wildman–Crippen LogP) is 4.31. The fourth-order valence-corrected chi connectivity index (χ4v) is 4.09. The first-order valence-electron chi connectivity index (χ1n) is 10.5. The molecule has 1 amide bonds. The molecule has 1 aliphatic rings. The number of aromatic nitrogens is 3. The highest BCUT2D eigenvalue weighted by molar-refractivity contribution is 5.79. The number of carbonyl (C=O) groups excluding carboxylic acids is 1. The Morgan fingerprint density at radius 3 is 2.73 bits per heavy atom. The lowest BCUT2D eigenvalue weighted by Crippen LogP contribution is -2.32. The van der Waals surface area contributed by atoms with Crippen LogP contribution >= 0.6 is 0 Å². The number of benzene rings is 1. The van der Waals surface area contributed by atoms with Gasteiger partial charge in [-0.05, 0) is 42.7 Å². The maximum Gasteiger partial charge on any atom is 0.227 e. The molecule has 0 spiro atoms. The highest BCUT2D eigenvalue weighted by Crippen LogP contribution is 2.32. The summed E-state index contributed by atoms with van der Waals surface area (Å²) in [4.78, 5) is 24.4. The lowest BCUT2D eigenvalue weighted by molar-refractivity contribution is -0.131. The quantitative estimate of drug-likeness (QED) is 0.614.